The van der Waals surface area contributed by atoms with E-state index in [2.05, 4.69) is 0 Å². The second kappa shape index (κ2) is 5.83. The first-order valence-corrected chi connectivity index (χ1v) is 7.20. The first-order valence-electron chi connectivity index (χ1n) is 7.20. The Labute approximate surface area is 130 Å². The fraction of sp³-hybridized carbons (Fsp3) is 0.412. The second-order valence-corrected chi connectivity index (χ2v) is 6.42. The molecule has 1 amide bonds. The van der Waals surface area contributed by atoms with Gasteiger partial charge in [0.1, 0.15) is 12.1 Å². The number of ether oxygens (including phenoxy) is 1. The van der Waals surface area contributed by atoms with E-state index >= 15 is 0 Å². The molecule has 0 saturated carbocycles. The third-order valence-electron chi connectivity index (χ3n) is 3.26. The number of carbonyl (C=O) groups is 2. The highest BCUT2D eigenvalue weighted by Crippen LogP contribution is 2.21. The zero-order valence-corrected chi connectivity index (χ0v) is 13.7. The van der Waals surface area contributed by atoms with Crippen molar-refractivity contribution >= 4 is 22.8 Å². The van der Waals surface area contributed by atoms with Crippen LogP contribution in [0.25, 0.3) is 10.9 Å². The summed E-state index contributed by atoms with van der Waals surface area (Å²) in [5, 5.41) is 0.881. The second-order valence-electron chi connectivity index (χ2n) is 6.42. The Bertz CT molecular complexity index is 710. The molecule has 0 unspecified atom stereocenters. The predicted octanol–water partition coefficient (Wildman–Crippen LogP) is 2.59. The average Bonchev–Trinajstić information content (AvgIpc) is 2.73. The minimum Gasteiger partial charge on any atom is -0.459 e. The number of aromatic nitrogens is 1. The van der Waals surface area contributed by atoms with Gasteiger partial charge >= 0.3 is 5.97 Å². The van der Waals surface area contributed by atoms with E-state index in [0.717, 1.165) is 10.9 Å². The van der Waals surface area contributed by atoms with E-state index in [-0.39, 0.29) is 12.5 Å². The summed E-state index contributed by atoms with van der Waals surface area (Å²) in [4.78, 5) is 25.8. The molecule has 0 aliphatic rings. The Morgan fingerprint density at radius 2 is 1.86 bits per heavy atom. The van der Waals surface area contributed by atoms with Crippen LogP contribution in [0.4, 0.5) is 0 Å². The highest BCUT2D eigenvalue weighted by atomic mass is 16.6. The maximum atomic E-state index is 12.6. The van der Waals surface area contributed by atoms with E-state index in [1.807, 2.05) is 35.9 Å². The number of likely N-dealkylation sites (N-methyl/N-ethyl adjacent to an activating group) is 1. The molecule has 0 radical (unpaired) electrons. The van der Waals surface area contributed by atoms with Gasteiger partial charge in [-0.05, 0) is 26.8 Å². The van der Waals surface area contributed by atoms with Crippen LogP contribution in [0.5, 0.6) is 0 Å². The minimum absolute atomic E-state index is 0.0701. The van der Waals surface area contributed by atoms with Crippen molar-refractivity contribution in [2.24, 2.45) is 7.05 Å². The molecule has 0 N–H and O–H groups in total. The Morgan fingerprint density at radius 1 is 1.23 bits per heavy atom. The molecule has 1 aromatic carbocycles. The first-order chi connectivity index (χ1) is 10.2. The van der Waals surface area contributed by atoms with Crippen molar-refractivity contribution in [3.8, 4) is 0 Å². The summed E-state index contributed by atoms with van der Waals surface area (Å²) >= 11 is 0. The molecule has 0 aliphatic heterocycles. The van der Waals surface area contributed by atoms with Gasteiger partial charge in [0.25, 0.3) is 5.91 Å². The molecule has 0 aliphatic carbocycles. The fourth-order valence-electron chi connectivity index (χ4n) is 2.36. The molecular formula is C17H22N2O3. The number of carbonyl (C=O) groups excluding carboxylic acids is 2. The Hall–Kier alpha value is -2.30. The van der Waals surface area contributed by atoms with Gasteiger partial charge in [0, 0.05) is 31.2 Å². The smallest absolute Gasteiger partial charge is 0.326 e. The number of aryl methyl sites for hydroxylation is 1. The fourth-order valence-corrected chi connectivity index (χ4v) is 2.36. The molecule has 5 nitrogen and oxygen atoms in total. The molecule has 0 saturated heterocycles. The Kier molecular flexibility index (Phi) is 4.26. The summed E-state index contributed by atoms with van der Waals surface area (Å²) in [6.07, 6.45) is 1.79. The molecule has 22 heavy (non-hydrogen) atoms. The van der Waals surface area contributed by atoms with Gasteiger partial charge in [0.15, 0.2) is 0 Å². The molecule has 0 fully saturated rings. The van der Waals surface area contributed by atoms with Crippen LogP contribution in [0.2, 0.25) is 0 Å². The third-order valence-corrected chi connectivity index (χ3v) is 3.26. The zero-order chi connectivity index (χ0) is 16.5. The topological polar surface area (TPSA) is 51.5 Å². The molecule has 2 rings (SSSR count). The van der Waals surface area contributed by atoms with Crippen LogP contribution in [0.1, 0.15) is 31.1 Å². The van der Waals surface area contributed by atoms with Gasteiger partial charge in [0.2, 0.25) is 0 Å². The van der Waals surface area contributed by atoms with Crippen LogP contribution in [-0.2, 0) is 16.6 Å². The SMILES string of the molecule is CN(CC(=O)OC(C)(C)C)C(=O)c1cn(C)c2ccccc12. The molecule has 0 atom stereocenters. The monoisotopic (exact) mass is 302 g/mol. The molecule has 0 spiro atoms. The predicted molar refractivity (Wildman–Crippen MR) is 85.7 cm³/mol. The van der Waals surface area contributed by atoms with Gasteiger partial charge in [-0.1, -0.05) is 18.2 Å². The van der Waals surface area contributed by atoms with Gasteiger partial charge in [0.05, 0.1) is 5.56 Å². The Balaban J connectivity index is 2.18. The van der Waals surface area contributed by atoms with E-state index in [0.29, 0.717) is 5.56 Å². The third kappa shape index (κ3) is 3.47. The number of hydrogen-bond acceptors (Lipinski definition) is 3. The van der Waals surface area contributed by atoms with Crippen molar-refractivity contribution < 1.29 is 14.3 Å². The van der Waals surface area contributed by atoms with E-state index < -0.39 is 11.6 Å². The summed E-state index contributed by atoms with van der Waals surface area (Å²) in [5.41, 5.74) is 1.01. The lowest BCUT2D eigenvalue weighted by atomic mass is 10.1. The van der Waals surface area contributed by atoms with Crippen LogP contribution in [-0.4, -0.2) is 40.5 Å². The van der Waals surface area contributed by atoms with Crippen molar-refractivity contribution in [2.45, 2.75) is 26.4 Å². The Morgan fingerprint density at radius 3 is 2.50 bits per heavy atom. The molecule has 2 aromatic rings. The van der Waals surface area contributed by atoms with Gasteiger partial charge in [-0.3, -0.25) is 9.59 Å². The normalized spacial score (nSPS) is 11.5. The van der Waals surface area contributed by atoms with Crippen molar-refractivity contribution in [1.82, 2.24) is 9.47 Å². The number of hydrogen-bond donors (Lipinski definition) is 0. The summed E-state index contributed by atoms with van der Waals surface area (Å²) in [7, 11) is 3.50. The summed E-state index contributed by atoms with van der Waals surface area (Å²) in [6.45, 7) is 5.34. The van der Waals surface area contributed by atoms with Crippen LogP contribution in [0.15, 0.2) is 30.5 Å². The van der Waals surface area contributed by atoms with Crippen molar-refractivity contribution in [2.75, 3.05) is 13.6 Å². The van der Waals surface area contributed by atoms with Gasteiger partial charge in [-0.15, -0.1) is 0 Å². The van der Waals surface area contributed by atoms with E-state index in [4.69, 9.17) is 4.74 Å². The first kappa shape index (κ1) is 16.1. The molecule has 118 valence electrons. The number of rotatable bonds is 3. The summed E-state index contributed by atoms with van der Waals surface area (Å²) < 4.78 is 7.16. The van der Waals surface area contributed by atoms with Crippen molar-refractivity contribution in [1.29, 1.82) is 0 Å². The van der Waals surface area contributed by atoms with Crippen LogP contribution in [0, 0.1) is 0 Å². The maximum Gasteiger partial charge on any atom is 0.326 e. The molecule has 1 heterocycles. The highest BCUT2D eigenvalue weighted by molar-refractivity contribution is 6.07. The lowest BCUT2D eigenvalue weighted by Gasteiger charge is -2.22. The number of fused-ring (bicyclic) bond motifs is 1. The molecular weight excluding hydrogens is 280 g/mol. The number of para-hydroxylation sites is 1. The van der Waals surface area contributed by atoms with Gasteiger partial charge < -0.3 is 14.2 Å². The zero-order valence-electron chi connectivity index (χ0n) is 13.7. The quantitative estimate of drug-likeness (QED) is 0.819. The average molecular weight is 302 g/mol. The maximum absolute atomic E-state index is 12.6. The standard InChI is InChI=1S/C17H22N2O3/c1-17(2,3)22-15(20)11-19(5)16(21)13-10-18(4)14-9-7-6-8-12(13)14/h6-10H,11H2,1-5H3. The van der Waals surface area contributed by atoms with E-state index in [1.54, 1.807) is 34.0 Å². The van der Waals surface area contributed by atoms with Gasteiger partial charge in [-0.25, -0.2) is 0 Å². The van der Waals surface area contributed by atoms with Gasteiger partial charge in [-0.2, -0.15) is 0 Å². The lowest BCUT2D eigenvalue weighted by molar-refractivity contribution is -0.155. The number of nitrogens with zero attached hydrogens (tertiary/aromatic N) is 2. The number of esters is 1. The van der Waals surface area contributed by atoms with Crippen LogP contribution in [0.3, 0.4) is 0 Å². The van der Waals surface area contributed by atoms with Crippen LogP contribution >= 0.6 is 0 Å². The largest absolute Gasteiger partial charge is 0.459 e. The van der Waals surface area contributed by atoms with E-state index in [9.17, 15) is 9.59 Å². The minimum atomic E-state index is -0.555. The van der Waals surface area contributed by atoms with Crippen molar-refractivity contribution in [3.05, 3.63) is 36.0 Å². The molecule has 0 bridgehead atoms. The van der Waals surface area contributed by atoms with Crippen molar-refractivity contribution in [3.63, 3.8) is 0 Å². The molecule has 1 aromatic heterocycles. The van der Waals surface area contributed by atoms with Crippen LogP contribution < -0.4 is 0 Å². The number of amides is 1. The molecule has 5 heteroatoms. The highest BCUT2D eigenvalue weighted by Gasteiger charge is 2.22. The number of benzene rings is 1. The lowest BCUT2D eigenvalue weighted by Crippen LogP contribution is -2.36. The summed E-state index contributed by atoms with van der Waals surface area (Å²) in [6, 6.07) is 7.69. The van der Waals surface area contributed by atoms with E-state index in [1.165, 1.54) is 4.90 Å². The summed E-state index contributed by atoms with van der Waals surface area (Å²) in [5.74, 6) is -0.605.